The molecule has 3 N–H and O–H groups in total. The zero-order valence-electron chi connectivity index (χ0n) is 13.5. The number of nitrogen functional groups attached to an aromatic ring is 1. The molecule has 121 valence electrons. The average Bonchev–Trinajstić information content (AvgIpc) is 2.39. The van der Waals surface area contributed by atoms with Crippen LogP contribution in [0.4, 0.5) is 10.5 Å². The lowest BCUT2D eigenvalue weighted by Gasteiger charge is -2.19. The molecule has 0 spiro atoms. The van der Waals surface area contributed by atoms with Crippen molar-refractivity contribution < 1.29 is 14.3 Å². The first-order valence-electron chi connectivity index (χ1n) is 7.44. The zero-order chi connectivity index (χ0) is 16.6. The third kappa shape index (κ3) is 7.67. The summed E-state index contributed by atoms with van der Waals surface area (Å²) in [6, 6.07) is 7.62. The first kappa shape index (κ1) is 18.0. The Morgan fingerprint density at radius 2 is 1.95 bits per heavy atom. The summed E-state index contributed by atoms with van der Waals surface area (Å²) in [4.78, 5) is 23.1. The van der Waals surface area contributed by atoms with Gasteiger partial charge in [-0.1, -0.05) is 18.2 Å². The number of amides is 1. The number of aryl methyl sites for hydroxylation is 1. The topological polar surface area (TPSA) is 81.4 Å². The van der Waals surface area contributed by atoms with Gasteiger partial charge in [-0.05, 0) is 45.2 Å². The molecule has 0 atom stereocenters. The normalized spacial score (nSPS) is 11.0. The summed E-state index contributed by atoms with van der Waals surface area (Å²) in [6.45, 7) is 5.65. The number of hydrogen-bond acceptors (Lipinski definition) is 4. The molecule has 1 rings (SSSR count). The minimum Gasteiger partial charge on any atom is -0.444 e. The molecule has 0 saturated heterocycles. The number of ketones is 1. The van der Waals surface area contributed by atoms with Crippen LogP contribution in [0.2, 0.25) is 0 Å². The maximum Gasteiger partial charge on any atom is 0.407 e. The second-order valence-electron chi connectivity index (χ2n) is 6.09. The maximum atomic E-state index is 11.7. The summed E-state index contributed by atoms with van der Waals surface area (Å²) in [5, 5.41) is 2.57. The number of nitrogens with two attached hydrogens (primary N) is 1. The molecule has 0 aromatic heterocycles. The van der Waals surface area contributed by atoms with E-state index in [4.69, 9.17) is 10.5 Å². The SMILES string of the molecule is CC(C)(C)OC(=O)NCCC(=O)[CH]CCc1ccccc1N. The second-order valence-corrected chi connectivity index (χ2v) is 6.09. The van der Waals surface area contributed by atoms with Crippen molar-refractivity contribution in [1.29, 1.82) is 0 Å². The van der Waals surface area contributed by atoms with E-state index in [2.05, 4.69) is 5.32 Å². The molecule has 0 bridgehead atoms. The van der Waals surface area contributed by atoms with Crippen LogP contribution in [0.25, 0.3) is 0 Å². The number of carbonyl (C=O) groups excluding carboxylic acids is 2. The Morgan fingerprint density at radius 1 is 1.27 bits per heavy atom. The van der Waals surface area contributed by atoms with Crippen LogP contribution >= 0.6 is 0 Å². The predicted molar refractivity (Wildman–Crippen MR) is 87.3 cm³/mol. The minimum absolute atomic E-state index is 0.00515. The van der Waals surface area contributed by atoms with Gasteiger partial charge in [-0.2, -0.15) is 0 Å². The summed E-state index contributed by atoms with van der Waals surface area (Å²) < 4.78 is 5.09. The van der Waals surface area contributed by atoms with Crippen LogP contribution in [0.15, 0.2) is 24.3 Å². The van der Waals surface area contributed by atoms with Gasteiger partial charge in [-0.3, -0.25) is 4.79 Å². The van der Waals surface area contributed by atoms with Crippen molar-refractivity contribution in [3.05, 3.63) is 36.2 Å². The molecule has 0 unspecified atom stereocenters. The monoisotopic (exact) mass is 305 g/mol. The number of rotatable bonds is 7. The van der Waals surface area contributed by atoms with E-state index in [1.807, 2.05) is 24.3 Å². The number of anilines is 1. The number of benzene rings is 1. The maximum absolute atomic E-state index is 11.7. The van der Waals surface area contributed by atoms with Gasteiger partial charge in [0.2, 0.25) is 0 Å². The molecule has 1 radical (unpaired) electrons. The zero-order valence-corrected chi connectivity index (χ0v) is 13.5. The molecule has 1 aromatic rings. The summed E-state index contributed by atoms with van der Waals surface area (Å²) in [5.74, 6) is 0.00515. The van der Waals surface area contributed by atoms with Gasteiger partial charge in [0.1, 0.15) is 11.4 Å². The van der Waals surface area contributed by atoms with E-state index in [9.17, 15) is 9.59 Å². The fourth-order valence-electron chi connectivity index (χ4n) is 1.85. The number of ether oxygens (including phenoxy) is 1. The molecule has 0 aliphatic carbocycles. The van der Waals surface area contributed by atoms with Crippen LogP contribution in [0.3, 0.4) is 0 Å². The molecule has 0 aliphatic rings. The molecule has 0 heterocycles. The van der Waals surface area contributed by atoms with Crippen LogP contribution in [0.5, 0.6) is 0 Å². The fraction of sp³-hybridized carbons (Fsp3) is 0.471. The van der Waals surface area contributed by atoms with Crippen molar-refractivity contribution in [2.45, 2.75) is 45.6 Å². The first-order chi connectivity index (χ1) is 10.3. The molecule has 0 fully saturated rings. The molecule has 1 aromatic carbocycles. The molecule has 0 aliphatic heterocycles. The van der Waals surface area contributed by atoms with Gasteiger partial charge in [-0.15, -0.1) is 0 Å². The molecule has 5 heteroatoms. The predicted octanol–water partition coefficient (Wildman–Crippen LogP) is 2.89. The van der Waals surface area contributed by atoms with Gasteiger partial charge in [-0.25, -0.2) is 4.79 Å². The van der Waals surface area contributed by atoms with Crippen LogP contribution in [0, 0.1) is 6.42 Å². The van der Waals surface area contributed by atoms with Crippen molar-refractivity contribution in [2.75, 3.05) is 12.3 Å². The summed E-state index contributed by atoms with van der Waals surface area (Å²) in [6.07, 6.45) is 2.78. The molecule has 22 heavy (non-hydrogen) atoms. The number of carbonyl (C=O) groups is 2. The van der Waals surface area contributed by atoms with E-state index in [-0.39, 0.29) is 18.7 Å². The van der Waals surface area contributed by atoms with Crippen LogP contribution in [0.1, 0.15) is 39.2 Å². The van der Waals surface area contributed by atoms with E-state index in [1.165, 1.54) is 0 Å². The molecular formula is C17H25N2O3. The highest BCUT2D eigenvalue weighted by Crippen LogP contribution is 2.13. The van der Waals surface area contributed by atoms with E-state index >= 15 is 0 Å². The van der Waals surface area contributed by atoms with Crippen molar-refractivity contribution >= 4 is 17.6 Å². The Morgan fingerprint density at radius 3 is 2.59 bits per heavy atom. The largest absolute Gasteiger partial charge is 0.444 e. The van der Waals surface area contributed by atoms with Gasteiger partial charge in [0, 0.05) is 25.1 Å². The Balaban J connectivity index is 2.17. The smallest absolute Gasteiger partial charge is 0.407 e. The third-order valence-electron chi connectivity index (χ3n) is 2.88. The standard InChI is InChI=1S/C17H25N2O3/c1-17(2,3)22-16(21)19-12-11-14(20)9-6-8-13-7-4-5-10-15(13)18/h4-5,7,9-10H,6,8,11-12,18H2,1-3H3,(H,19,21). The van der Waals surface area contributed by atoms with Gasteiger partial charge in [0.05, 0.1) is 0 Å². The lowest BCUT2D eigenvalue weighted by Crippen LogP contribution is -2.33. The third-order valence-corrected chi connectivity index (χ3v) is 2.88. The summed E-state index contributed by atoms with van der Waals surface area (Å²) in [7, 11) is 0. The van der Waals surface area contributed by atoms with Crippen LogP contribution < -0.4 is 11.1 Å². The second kappa shape index (κ2) is 8.41. The quantitative estimate of drug-likeness (QED) is 0.759. The van der Waals surface area contributed by atoms with E-state index < -0.39 is 11.7 Å². The lowest BCUT2D eigenvalue weighted by molar-refractivity contribution is -0.115. The van der Waals surface area contributed by atoms with Gasteiger partial charge < -0.3 is 15.8 Å². The molecule has 5 nitrogen and oxygen atoms in total. The van der Waals surface area contributed by atoms with Crippen molar-refractivity contribution in [3.63, 3.8) is 0 Å². The van der Waals surface area contributed by atoms with Crippen molar-refractivity contribution in [2.24, 2.45) is 0 Å². The first-order valence-corrected chi connectivity index (χ1v) is 7.44. The molecule has 0 saturated carbocycles. The highest BCUT2D eigenvalue weighted by molar-refractivity contribution is 5.87. The molecular weight excluding hydrogens is 280 g/mol. The van der Waals surface area contributed by atoms with E-state index in [0.29, 0.717) is 6.42 Å². The number of hydrogen-bond donors (Lipinski definition) is 2. The highest BCUT2D eigenvalue weighted by atomic mass is 16.6. The van der Waals surface area contributed by atoms with Gasteiger partial charge in [0.25, 0.3) is 0 Å². The summed E-state index contributed by atoms with van der Waals surface area (Å²) >= 11 is 0. The number of alkyl carbamates (subject to hydrolysis) is 1. The Labute approximate surface area is 132 Å². The minimum atomic E-state index is -0.532. The van der Waals surface area contributed by atoms with Crippen LogP contribution in [-0.4, -0.2) is 24.0 Å². The van der Waals surface area contributed by atoms with E-state index in [0.717, 1.165) is 17.7 Å². The Kier molecular flexibility index (Phi) is 6.89. The fourth-order valence-corrected chi connectivity index (χ4v) is 1.85. The Hall–Kier alpha value is -2.04. The van der Waals surface area contributed by atoms with E-state index in [1.54, 1.807) is 27.2 Å². The molecule has 1 amide bonds. The highest BCUT2D eigenvalue weighted by Gasteiger charge is 2.15. The number of nitrogens with one attached hydrogen (secondary N) is 1. The van der Waals surface area contributed by atoms with Gasteiger partial charge in [0.15, 0.2) is 0 Å². The number of Topliss-reactive ketones (excluding diaryl/α,β-unsaturated/α-hetero) is 1. The number of para-hydroxylation sites is 1. The Bertz CT molecular complexity index is 507. The lowest BCUT2D eigenvalue weighted by atomic mass is 10.0. The van der Waals surface area contributed by atoms with Crippen molar-refractivity contribution in [1.82, 2.24) is 5.32 Å². The average molecular weight is 305 g/mol. The summed E-state index contributed by atoms with van der Waals surface area (Å²) in [5.41, 5.74) is 7.09. The van der Waals surface area contributed by atoms with Crippen LogP contribution in [-0.2, 0) is 16.0 Å². The van der Waals surface area contributed by atoms with Crippen molar-refractivity contribution in [3.8, 4) is 0 Å². The van der Waals surface area contributed by atoms with Gasteiger partial charge >= 0.3 is 6.09 Å².